The molecule has 0 atom stereocenters. The first-order valence-corrected chi connectivity index (χ1v) is 7.14. The molecule has 20 heavy (non-hydrogen) atoms. The number of aromatic nitrogens is 2. The highest BCUT2D eigenvalue weighted by atomic mass is 32.1. The Bertz CT molecular complexity index is 777. The third-order valence-electron chi connectivity index (χ3n) is 3.11. The van der Waals surface area contributed by atoms with Crippen LogP contribution in [-0.2, 0) is 11.3 Å². The summed E-state index contributed by atoms with van der Waals surface area (Å²) in [6.45, 7) is 1.03. The Hall–Kier alpha value is -1.98. The molecule has 0 unspecified atom stereocenters. The van der Waals surface area contributed by atoms with Gasteiger partial charge in [0.2, 0.25) is 0 Å². The first-order valence-electron chi connectivity index (χ1n) is 6.33. The predicted molar refractivity (Wildman–Crippen MR) is 81.2 cm³/mol. The molecule has 0 saturated heterocycles. The van der Waals surface area contributed by atoms with Gasteiger partial charge in [0.1, 0.15) is 4.83 Å². The van der Waals surface area contributed by atoms with Gasteiger partial charge in [-0.1, -0.05) is 30.3 Å². The number of hydrogen-bond acceptors (Lipinski definition) is 4. The summed E-state index contributed by atoms with van der Waals surface area (Å²) in [5, 5.41) is 0.674. The van der Waals surface area contributed by atoms with Crippen molar-refractivity contribution in [2.75, 3.05) is 13.7 Å². The van der Waals surface area contributed by atoms with Crippen LogP contribution in [0.2, 0.25) is 0 Å². The largest absolute Gasteiger partial charge is 0.383 e. The van der Waals surface area contributed by atoms with E-state index in [1.807, 2.05) is 36.4 Å². The van der Waals surface area contributed by atoms with Crippen molar-refractivity contribution < 1.29 is 4.74 Å². The number of nitrogens with zero attached hydrogens (tertiary/aromatic N) is 2. The summed E-state index contributed by atoms with van der Waals surface area (Å²) in [6.07, 6.45) is 1.59. The number of methoxy groups -OCH3 is 1. The van der Waals surface area contributed by atoms with Gasteiger partial charge in [0.25, 0.3) is 5.56 Å². The summed E-state index contributed by atoms with van der Waals surface area (Å²) in [7, 11) is 1.62. The van der Waals surface area contributed by atoms with Crippen molar-refractivity contribution in [3.8, 4) is 10.4 Å². The monoisotopic (exact) mass is 286 g/mol. The van der Waals surface area contributed by atoms with E-state index in [1.165, 1.54) is 0 Å². The first-order chi connectivity index (χ1) is 9.79. The fraction of sp³-hybridized carbons (Fsp3) is 0.200. The molecule has 5 heteroatoms. The minimum atomic E-state index is -0.00881. The van der Waals surface area contributed by atoms with E-state index in [0.717, 1.165) is 15.3 Å². The van der Waals surface area contributed by atoms with Crippen LogP contribution in [0.15, 0.2) is 47.5 Å². The van der Waals surface area contributed by atoms with Gasteiger partial charge in [-0.25, -0.2) is 4.98 Å². The molecule has 0 amide bonds. The second-order valence-corrected chi connectivity index (χ2v) is 5.46. The van der Waals surface area contributed by atoms with Gasteiger partial charge in [0.15, 0.2) is 0 Å². The molecular weight excluding hydrogens is 272 g/mol. The quantitative estimate of drug-likeness (QED) is 0.740. The minimum absolute atomic E-state index is 0.00881. The molecule has 0 radical (unpaired) electrons. The van der Waals surface area contributed by atoms with Crippen molar-refractivity contribution in [1.29, 1.82) is 0 Å². The van der Waals surface area contributed by atoms with E-state index in [-0.39, 0.29) is 5.56 Å². The fourth-order valence-electron chi connectivity index (χ4n) is 2.05. The maximum Gasteiger partial charge on any atom is 0.262 e. The van der Waals surface area contributed by atoms with Crippen molar-refractivity contribution in [2.45, 2.75) is 6.54 Å². The average Bonchev–Trinajstić information content (AvgIpc) is 2.93. The third-order valence-corrected chi connectivity index (χ3v) is 4.20. The molecule has 4 nitrogen and oxygen atoms in total. The van der Waals surface area contributed by atoms with Crippen LogP contribution in [0.4, 0.5) is 0 Å². The van der Waals surface area contributed by atoms with Crippen LogP contribution in [0, 0.1) is 0 Å². The van der Waals surface area contributed by atoms with E-state index in [4.69, 9.17) is 4.74 Å². The molecule has 0 N–H and O–H groups in total. The lowest BCUT2D eigenvalue weighted by Gasteiger charge is -2.02. The summed E-state index contributed by atoms with van der Waals surface area (Å²) < 4.78 is 6.59. The highest BCUT2D eigenvalue weighted by molar-refractivity contribution is 7.21. The number of hydrogen-bond donors (Lipinski definition) is 0. The molecule has 0 saturated carbocycles. The fourth-order valence-corrected chi connectivity index (χ4v) is 3.05. The van der Waals surface area contributed by atoms with Crippen LogP contribution in [0.5, 0.6) is 0 Å². The highest BCUT2D eigenvalue weighted by Gasteiger charge is 2.09. The second kappa shape index (κ2) is 5.56. The van der Waals surface area contributed by atoms with Gasteiger partial charge < -0.3 is 4.74 Å². The van der Waals surface area contributed by atoms with Gasteiger partial charge >= 0.3 is 0 Å². The number of thiophene rings is 1. The van der Waals surface area contributed by atoms with Crippen LogP contribution >= 0.6 is 11.3 Å². The van der Waals surface area contributed by atoms with Gasteiger partial charge in [0.05, 0.1) is 24.9 Å². The standard InChI is InChI=1S/C15H14N2O2S/c1-19-8-7-17-10-16-14-12(15(17)18)9-13(20-14)11-5-3-2-4-6-11/h2-6,9-10H,7-8H2,1H3. The predicted octanol–water partition coefficient (Wildman–Crippen LogP) is 2.77. The van der Waals surface area contributed by atoms with Gasteiger partial charge in [-0.3, -0.25) is 9.36 Å². The van der Waals surface area contributed by atoms with Crippen LogP contribution in [-0.4, -0.2) is 23.3 Å². The van der Waals surface area contributed by atoms with Crippen molar-refractivity contribution in [3.05, 3.63) is 53.1 Å². The van der Waals surface area contributed by atoms with Crippen molar-refractivity contribution in [3.63, 3.8) is 0 Å². The van der Waals surface area contributed by atoms with E-state index in [2.05, 4.69) is 4.98 Å². The summed E-state index contributed by atoms with van der Waals surface area (Å²) in [5.41, 5.74) is 1.10. The lowest BCUT2D eigenvalue weighted by Crippen LogP contribution is -2.21. The zero-order chi connectivity index (χ0) is 13.9. The molecule has 0 fully saturated rings. The van der Waals surface area contributed by atoms with E-state index >= 15 is 0 Å². The molecule has 2 heterocycles. The summed E-state index contributed by atoms with van der Waals surface area (Å²) in [4.78, 5) is 18.6. The van der Waals surface area contributed by atoms with Gasteiger partial charge in [0, 0.05) is 12.0 Å². The molecular formula is C15H14N2O2S. The zero-order valence-corrected chi connectivity index (χ0v) is 11.9. The highest BCUT2D eigenvalue weighted by Crippen LogP contribution is 2.30. The van der Waals surface area contributed by atoms with Crippen molar-refractivity contribution in [1.82, 2.24) is 9.55 Å². The summed E-state index contributed by atoms with van der Waals surface area (Å²) >= 11 is 1.54. The number of ether oxygens (including phenoxy) is 1. The Balaban J connectivity index is 2.08. The normalized spacial score (nSPS) is 11.1. The maximum atomic E-state index is 12.4. The minimum Gasteiger partial charge on any atom is -0.383 e. The van der Waals surface area contributed by atoms with Crippen molar-refractivity contribution in [2.24, 2.45) is 0 Å². The summed E-state index contributed by atoms with van der Waals surface area (Å²) in [5.74, 6) is 0. The smallest absolute Gasteiger partial charge is 0.262 e. The molecule has 3 rings (SSSR count). The zero-order valence-electron chi connectivity index (χ0n) is 11.1. The van der Waals surface area contributed by atoms with Crippen LogP contribution < -0.4 is 5.56 Å². The van der Waals surface area contributed by atoms with Gasteiger partial charge in [-0.2, -0.15) is 0 Å². The molecule has 0 spiro atoms. The van der Waals surface area contributed by atoms with E-state index in [9.17, 15) is 4.79 Å². The molecule has 0 aliphatic heterocycles. The summed E-state index contributed by atoms with van der Waals surface area (Å²) in [6, 6.07) is 12.0. The molecule has 102 valence electrons. The molecule has 0 aliphatic carbocycles. The molecule has 0 aliphatic rings. The Morgan fingerprint density at radius 3 is 2.85 bits per heavy atom. The van der Waals surface area contributed by atoms with Crippen LogP contribution in [0.1, 0.15) is 0 Å². The Morgan fingerprint density at radius 2 is 2.10 bits per heavy atom. The Labute approximate surface area is 120 Å². The Morgan fingerprint density at radius 1 is 1.30 bits per heavy atom. The average molecular weight is 286 g/mol. The van der Waals surface area contributed by atoms with E-state index < -0.39 is 0 Å². The molecule has 1 aromatic carbocycles. The Kier molecular flexibility index (Phi) is 3.62. The van der Waals surface area contributed by atoms with Crippen LogP contribution in [0.25, 0.3) is 20.7 Å². The molecule has 0 bridgehead atoms. The second-order valence-electron chi connectivity index (χ2n) is 4.43. The van der Waals surface area contributed by atoms with Crippen LogP contribution in [0.3, 0.4) is 0 Å². The van der Waals surface area contributed by atoms with Gasteiger partial charge in [-0.15, -0.1) is 11.3 Å². The molecule has 3 aromatic rings. The molecule has 2 aromatic heterocycles. The lowest BCUT2D eigenvalue weighted by atomic mass is 10.2. The van der Waals surface area contributed by atoms with Gasteiger partial charge in [-0.05, 0) is 11.6 Å². The maximum absolute atomic E-state index is 12.4. The SMILES string of the molecule is COCCn1cnc2sc(-c3ccccc3)cc2c1=O. The van der Waals surface area contributed by atoms with Crippen molar-refractivity contribution >= 4 is 21.6 Å². The lowest BCUT2D eigenvalue weighted by molar-refractivity contribution is 0.186. The van der Waals surface area contributed by atoms with E-state index in [1.54, 1.807) is 29.3 Å². The number of fused-ring (bicyclic) bond motifs is 1. The number of rotatable bonds is 4. The first kappa shape index (κ1) is 13.0. The number of benzene rings is 1. The topological polar surface area (TPSA) is 44.1 Å². The third kappa shape index (κ3) is 2.37. The van der Waals surface area contributed by atoms with E-state index in [0.29, 0.717) is 18.5 Å².